The van der Waals surface area contributed by atoms with E-state index in [9.17, 15) is 13.2 Å². The standard InChI is InChI=1S/C11H21NO5S/c1-9(11(13)14)18(15,16)12-7-8-17-10-5-3-2-4-6-10/h9-10,12H,2-8H2,1H3,(H,13,14). The first kappa shape index (κ1) is 15.4. The summed E-state index contributed by atoms with van der Waals surface area (Å²) in [6.07, 6.45) is 5.83. The average Bonchev–Trinajstić information content (AvgIpc) is 2.35. The van der Waals surface area contributed by atoms with E-state index in [2.05, 4.69) is 4.72 Å². The molecule has 1 aliphatic carbocycles. The second-order valence-electron chi connectivity index (χ2n) is 4.55. The van der Waals surface area contributed by atoms with Gasteiger partial charge in [0.15, 0.2) is 5.25 Å². The summed E-state index contributed by atoms with van der Waals surface area (Å²) in [5.74, 6) is -1.35. The molecule has 1 unspecified atom stereocenters. The van der Waals surface area contributed by atoms with E-state index in [4.69, 9.17) is 9.84 Å². The topological polar surface area (TPSA) is 92.7 Å². The zero-order chi connectivity index (χ0) is 13.6. The number of sulfonamides is 1. The van der Waals surface area contributed by atoms with E-state index < -0.39 is 21.2 Å². The van der Waals surface area contributed by atoms with Crippen LogP contribution in [-0.4, -0.2) is 44.0 Å². The molecule has 6 nitrogen and oxygen atoms in total. The van der Waals surface area contributed by atoms with Gasteiger partial charge in [0.2, 0.25) is 10.0 Å². The van der Waals surface area contributed by atoms with Crippen LogP contribution in [0.25, 0.3) is 0 Å². The predicted octanol–water partition coefficient (Wildman–Crippen LogP) is 0.728. The molecule has 1 saturated carbocycles. The first-order chi connectivity index (χ1) is 8.43. The number of carbonyl (C=O) groups is 1. The molecule has 2 N–H and O–H groups in total. The molecule has 1 fully saturated rings. The van der Waals surface area contributed by atoms with Crippen LogP contribution in [-0.2, 0) is 19.6 Å². The van der Waals surface area contributed by atoms with Crippen molar-refractivity contribution in [3.63, 3.8) is 0 Å². The molecule has 1 atom stereocenters. The Balaban J connectivity index is 2.22. The van der Waals surface area contributed by atoms with Crippen molar-refractivity contribution in [2.45, 2.75) is 50.4 Å². The summed E-state index contributed by atoms with van der Waals surface area (Å²) in [6, 6.07) is 0. The predicted molar refractivity (Wildman–Crippen MR) is 66.8 cm³/mol. The van der Waals surface area contributed by atoms with Crippen LogP contribution in [0.4, 0.5) is 0 Å². The molecule has 0 bridgehead atoms. The van der Waals surface area contributed by atoms with Gasteiger partial charge in [-0.05, 0) is 19.8 Å². The molecule has 0 radical (unpaired) electrons. The van der Waals surface area contributed by atoms with Crippen LogP contribution in [0.5, 0.6) is 0 Å². The van der Waals surface area contributed by atoms with Gasteiger partial charge in [0.25, 0.3) is 0 Å². The Hall–Kier alpha value is -0.660. The Bertz CT molecular complexity index is 362. The normalized spacial score (nSPS) is 19.6. The van der Waals surface area contributed by atoms with Crippen molar-refractivity contribution in [3.8, 4) is 0 Å². The lowest BCUT2D eigenvalue weighted by atomic mass is 9.98. The smallest absolute Gasteiger partial charge is 0.323 e. The Morgan fingerprint density at radius 1 is 1.39 bits per heavy atom. The van der Waals surface area contributed by atoms with Crippen LogP contribution in [0.3, 0.4) is 0 Å². The molecule has 0 saturated heterocycles. The van der Waals surface area contributed by atoms with Gasteiger partial charge in [-0.15, -0.1) is 0 Å². The van der Waals surface area contributed by atoms with Gasteiger partial charge in [-0.3, -0.25) is 4.79 Å². The van der Waals surface area contributed by atoms with Crippen LogP contribution < -0.4 is 4.72 Å². The molecule has 1 aliphatic rings. The van der Waals surface area contributed by atoms with Crippen molar-refractivity contribution in [1.82, 2.24) is 4.72 Å². The lowest BCUT2D eigenvalue weighted by molar-refractivity contribution is -0.136. The van der Waals surface area contributed by atoms with Gasteiger partial charge in [-0.1, -0.05) is 19.3 Å². The van der Waals surface area contributed by atoms with Crippen LogP contribution in [0.1, 0.15) is 39.0 Å². The SMILES string of the molecule is CC(C(=O)O)S(=O)(=O)NCCOC1CCCCC1. The summed E-state index contributed by atoms with van der Waals surface area (Å²) < 4.78 is 30.7. The maximum Gasteiger partial charge on any atom is 0.323 e. The molecule has 106 valence electrons. The van der Waals surface area contributed by atoms with E-state index in [0.29, 0.717) is 0 Å². The quantitative estimate of drug-likeness (QED) is 0.670. The molecule has 0 amide bonds. The highest BCUT2D eigenvalue weighted by Gasteiger charge is 2.26. The van der Waals surface area contributed by atoms with Crippen LogP contribution in [0.15, 0.2) is 0 Å². The minimum Gasteiger partial charge on any atom is -0.480 e. The van der Waals surface area contributed by atoms with E-state index in [1.165, 1.54) is 6.42 Å². The Morgan fingerprint density at radius 3 is 2.56 bits per heavy atom. The van der Waals surface area contributed by atoms with E-state index in [-0.39, 0.29) is 19.3 Å². The van der Waals surface area contributed by atoms with Crippen LogP contribution >= 0.6 is 0 Å². The first-order valence-corrected chi connectivity index (χ1v) is 7.81. The third kappa shape index (κ3) is 4.91. The third-order valence-electron chi connectivity index (χ3n) is 3.12. The van der Waals surface area contributed by atoms with Crippen molar-refractivity contribution in [3.05, 3.63) is 0 Å². The largest absolute Gasteiger partial charge is 0.480 e. The van der Waals surface area contributed by atoms with E-state index in [0.717, 1.165) is 32.6 Å². The molecular formula is C11H21NO5S. The number of carboxylic acids is 1. The van der Waals surface area contributed by atoms with Gasteiger partial charge in [0, 0.05) is 6.54 Å². The maximum absolute atomic E-state index is 11.5. The van der Waals surface area contributed by atoms with Crippen molar-refractivity contribution in [1.29, 1.82) is 0 Å². The van der Waals surface area contributed by atoms with Crippen molar-refractivity contribution in [2.24, 2.45) is 0 Å². The molecule has 0 aromatic carbocycles. The van der Waals surface area contributed by atoms with Gasteiger partial charge in [0.1, 0.15) is 0 Å². The highest BCUT2D eigenvalue weighted by Crippen LogP contribution is 2.19. The van der Waals surface area contributed by atoms with Gasteiger partial charge >= 0.3 is 5.97 Å². The average molecular weight is 279 g/mol. The van der Waals surface area contributed by atoms with Gasteiger partial charge < -0.3 is 9.84 Å². The number of carboxylic acid groups (broad SMARTS) is 1. The molecular weight excluding hydrogens is 258 g/mol. The molecule has 0 spiro atoms. The summed E-state index contributed by atoms with van der Waals surface area (Å²) >= 11 is 0. The monoisotopic (exact) mass is 279 g/mol. The molecule has 0 aromatic rings. The second kappa shape index (κ2) is 7.06. The summed E-state index contributed by atoms with van der Waals surface area (Å²) in [7, 11) is -3.79. The summed E-state index contributed by atoms with van der Waals surface area (Å²) in [4.78, 5) is 10.6. The number of nitrogens with one attached hydrogen (secondary N) is 1. The molecule has 1 rings (SSSR count). The number of rotatable bonds is 7. The fourth-order valence-corrected chi connectivity index (χ4v) is 2.78. The minimum atomic E-state index is -3.79. The van der Waals surface area contributed by atoms with Crippen LogP contribution in [0.2, 0.25) is 0 Å². The minimum absolute atomic E-state index is 0.121. The fraction of sp³-hybridized carbons (Fsp3) is 0.909. The lowest BCUT2D eigenvalue weighted by Crippen LogP contribution is -2.39. The van der Waals surface area contributed by atoms with Crippen molar-refractivity contribution >= 4 is 16.0 Å². The summed E-state index contributed by atoms with van der Waals surface area (Å²) in [6.45, 7) is 1.55. The van der Waals surface area contributed by atoms with Crippen molar-refractivity contribution < 1.29 is 23.1 Å². The van der Waals surface area contributed by atoms with Gasteiger partial charge in [0.05, 0.1) is 12.7 Å². The highest BCUT2D eigenvalue weighted by atomic mass is 32.2. The molecule has 0 aromatic heterocycles. The zero-order valence-electron chi connectivity index (χ0n) is 10.6. The number of aliphatic carboxylic acids is 1. The molecule has 18 heavy (non-hydrogen) atoms. The van der Waals surface area contributed by atoms with Gasteiger partial charge in [-0.2, -0.15) is 0 Å². The second-order valence-corrected chi connectivity index (χ2v) is 6.64. The zero-order valence-corrected chi connectivity index (χ0v) is 11.4. The lowest BCUT2D eigenvalue weighted by Gasteiger charge is -2.22. The van der Waals surface area contributed by atoms with E-state index in [1.54, 1.807) is 0 Å². The summed E-state index contributed by atoms with van der Waals surface area (Å²) in [5.41, 5.74) is 0. The number of hydrogen-bond acceptors (Lipinski definition) is 4. The third-order valence-corrected chi connectivity index (χ3v) is 4.86. The van der Waals surface area contributed by atoms with E-state index in [1.807, 2.05) is 0 Å². The Labute approximate surface area is 108 Å². The molecule has 0 aliphatic heterocycles. The summed E-state index contributed by atoms with van der Waals surface area (Å²) in [5, 5.41) is 7.19. The van der Waals surface area contributed by atoms with Crippen LogP contribution in [0, 0.1) is 0 Å². The number of hydrogen-bond donors (Lipinski definition) is 2. The van der Waals surface area contributed by atoms with Crippen molar-refractivity contribution in [2.75, 3.05) is 13.2 Å². The highest BCUT2D eigenvalue weighted by molar-refractivity contribution is 7.90. The fourth-order valence-electron chi connectivity index (χ4n) is 1.90. The molecule has 7 heteroatoms. The Morgan fingerprint density at radius 2 is 2.00 bits per heavy atom. The maximum atomic E-state index is 11.5. The molecule has 0 heterocycles. The number of ether oxygens (including phenoxy) is 1. The first-order valence-electron chi connectivity index (χ1n) is 6.26. The Kier molecular flexibility index (Phi) is 6.04. The van der Waals surface area contributed by atoms with E-state index >= 15 is 0 Å². The van der Waals surface area contributed by atoms with Gasteiger partial charge in [-0.25, -0.2) is 13.1 Å².